The Hall–Kier alpha value is -1.37. The summed E-state index contributed by atoms with van der Waals surface area (Å²) in [5.41, 5.74) is 1.55. The van der Waals surface area contributed by atoms with Crippen molar-refractivity contribution in [3.05, 3.63) is 35.4 Å². The molecule has 68 valence electrons. The van der Waals surface area contributed by atoms with Crippen LogP contribution in [0.3, 0.4) is 0 Å². The number of nitrogens with one attached hydrogen (secondary N) is 1. The van der Waals surface area contributed by atoms with Crippen molar-refractivity contribution in [3.63, 3.8) is 0 Å². The Kier molecular flexibility index (Phi) is 3.44. The average molecular weight is 176 g/mol. The van der Waals surface area contributed by atoms with Crippen LogP contribution in [0.1, 0.15) is 17.2 Å². The molecule has 1 aromatic rings. The fourth-order valence-corrected chi connectivity index (χ4v) is 1.19. The number of aliphatic hydroxyl groups is 1. The van der Waals surface area contributed by atoms with E-state index < -0.39 is 0 Å². The molecule has 0 aromatic heterocycles. The molecule has 0 bridgehead atoms. The normalized spacial score (nSPS) is 12.1. The van der Waals surface area contributed by atoms with Crippen molar-refractivity contribution in [2.75, 3.05) is 13.7 Å². The highest BCUT2D eigenvalue weighted by atomic mass is 16.3. The molecule has 0 unspecified atom stereocenters. The van der Waals surface area contributed by atoms with Crippen LogP contribution >= 0.6 is 0 Å². The van der Waals surface area contributed by atoms with E-state index in [-0.39, 0.29) is 12.6 Å². The Bertz CT molecular complexity index is 313. The number of hydrogen-bond acceptors (Lipinski definition) is 3. The summed E-state index contributed by atoms with van der Waals surface area (Å²) in [7, 11) is 1.78. The Balaban J connectivity index is 2.94. The highest BCUT2D eigenvalue weighted by Crippen LogP contribution is 2.12. The molecule has 0 spiro atoms. The van der Waals surface area contributed by atoms with Crippen molar-refractivity contribution >= 4 is 0 Å². The lowest BCUT2D eigenvalue weighted by Gasteiger charge is -2.12. The minimum Gasteiger partial charge on any atom is -0.394 e. The molecular weight excluding hydrogens is 164 g/mol. The molecule has 0 aliphatic heterocycles. The van der Waals surface area contributed by atoms with Gasteiger partial charge >= 0.3 is 0 Å². The third kappa shape index (κ3) is 2.28. The second kappa shape index (κ2) is 4.61. The predicted octanol–water partition coefficient (Wildman–Crippen LogP) is 0.811. The number of benzene rings is 1. The third-order valence-electron chi connectivity index (χ3n) is 1.95. The molecule has 0 aliphatic carbocycles. The number of rotatable bonds is 3. The first-order valence-electron chi connectivity index (χ1n) is 4.10. The summed E-state index contributed by atoms with van der Waals surface area (Å²) in [6.07, 6.45) is 0. The van der Waals surface area contributed by atoms with E-state index in [2.05, 4.69) is 11.4 Å². The van der Waals surface area contributed by atoms with Crippen molar-refractivity contribution < 1.29 is 5.11 Å². The highest BCUT2D eigenvalue weighted by Gasteiger charge is 2.06. The van der Waals surface area contributed by atoms with Gasteiger partial charge in [-0.15, -0.1) is 0 Å². The first-order valence-corrected chi connectivity index (χ1v) is 4.10. The van der Waals surface area contributed by atoms with Gasteiger partial charge in [0.05, 0.1) is 24.3 Å². The molecule has 0 saturated heterocycles. The molecule has 0 radical (unpaired) electrons. The van der Waals surface area contributed by atoms with Crippen molar-refractivity contribution in [3.8, 4) is 6.07 Å². The highest BCUT2D eigenvalue weighted by molar-refractivity contribution is 5.34. The fraction of sp³-hybridized carbons (Fsp3) is 0.300. The predicted molar refractivity (Wildman–Crippen MR) is 50.0 cm³/mol. The summed E-state index contributed by atoms with van der Waals surface area (Å²) < 4.78 is 0. The van der Waals surface area contributed by atoms with Gasteiger partial charge in [-0.25, -0.2) is 0 Å². The van der Waals surface area contributed by atoms with Crippen LogP contribution in [0, 0.1) is 11.3 Å². The summed E-state index contributed by atoms with van der Waals surface area (Å²) in [5, 5.41) is 20.6. The number of nitrogens with zero attached hydrogens (tertiary/aromatic N) is 1. The monoisotopic (exact) mass is 176 g/mol. The lowest BCUT2D eigenvalue weighted by Crippen LogP contribution is -2.19. The number of hydrogen-bond donors (Lipinski definition) is 2. The summed E-state index contributed by atoms with van der Waals surface area (Å²) in [6.45, 7) is 0.0331. The smallest absolute Gasteiger partial charge is 0.0991 e. The zero-order valence-electron chi connectivity index (χ0n) is 7.49. The maximum atomic E-state index is 9.00. The maximum absolute atomic E-state index is 9.00. The first-order chi connectivity index (χ1) is 6.31. The van der Waals surface area contributed by atoms with E-state index in [1.807, 2.05) is 12.1 Å². The van der Waals surface area contributed by atoms with Crippen LogP contribution in [0.25, 0.3) is 0 Å². The van der Waals surface area contributed by atoms with Crippen molar-refractivity contribution in [2.24, 2.45) is 0 Å². The zero-order valence-corrected chi connectivity index (χ0v) is 7.49. The van der Waals surface area contributed by atoms with Crippen LogP contribution in [0.5, 0.6) is 0 Å². The Labute approximate surface area is 77.6 Å². The van der Waals surface area contributed by atoms with Gasteiger partial charge in [-0.1, -0.05) is 12.1 Å². The van der Waals surface area contributed by atoms with Gasteiger partial charge in [-0.2, -0.15) is 5.26 Å². The van der Waals surface area contributed by atoms with Crippen molar-refractivity contribution in [2.45, 2.75) is 6.04 Å². The van der Waals surface area contributed by atoms with E-state index in [9.17, 15) is 0 Å². The van der Waals surface area contributed by atoms with E-state index in [4.69, 9.17) is 10.4 Å². The molecule has 2 N–H and O–H groups in total. The van der Waals surface area contributed by atoms with E-state index in [1.165, 1.54) is 0 Å². The van der Waals surface area contributed by atoms with Crippen LogP contribution in [0.15, 0.2) is 24.3 Å². The molecule has 0 heterocycles. The second-order valence-electron chi connectivity index (χ2n) is 2.76. The summed E-state index contributed by atoms with van der Waals surface area (Å²) in [4.78, 5) is 0. The molecule has 3 nitrogen and oxygen atoms in total. The topological polar surface area (TPSA) is 56.0 Å². The van der Waals surface area contributed by atoms with Gasteiger partial charge in [0, 0.05) is 0 Å². The van der Waals surface area contributed by atoms with Gasteiger partial charge in [0.25, 0.3) is 0 Å². The lowest BCUT2D eigenvalue weighted by molar-refractivity contribution is 0.251. The van der Waals surface area contributed by atoms with Crippen molar-refractivity contribution in [1.29, 1.82) is 5.26 Å². The van der Waals surface area contributed by atoms with Gasteiger partial charge in [-0.3, -0.25) is 0 Å². The molecule has 3 heteroatoms. The first kappa shape index (κ1) is 9.72. The number of aliphatic hydroxyl groups excluding tert-OH is 1. The van der Waals surface area contributed by atoms with Crippen molar-refractivity contribution in [1.82, 2.24) is 5.32 Å². The standard InChI is InChI=1S/C10H12N2O/c1-12-10(7-13)9-4-2-3-8(5-9)6-11/h2-5,10,12-13H,7H2,1H3/t10-/m1/s1. The fourth-order valence-electron chi connectivity index (χ4n) is 1.19. The van der Waals surface area contributed by atoms with Gasteiger partial charge in [-0.05, 0) is 24.7 Å². The van der Waals surface area contributed by atoms with E-state index in [0.29, 0.717) is 5.56 Å². The summed E-state index contributed by atoms with van der Waals surface area (Å²) in [6, 6.07) is 9.19. The van der Waals surface area contributed by atoms with Crippen LogP contribution < -0.4 is 5.32 Å². The number of likely N-dealkylation sites (N-methyl/N-ethyl adjacent to an activating group) is 1. The molecule has 0 amide bonds. The second-order valence-corrected chi connectivity index (χ2v) is 2.76. The van der Waals surface area contributed by atoms with Crippen LogP contribution in [-0.4, -0.2) is 18.8 Å². The lowest BCUT2D eigenvalue weighted by atomic mass is 10.1. The minimum atomic E-state index is -0.0895. The molecule has 0 aliphatic rings. The van der Waals surface area contributed by atoms with Crippen LogP contribution in [-0.2, 0) is 0 Å². The third-order valence-corrected chi connectivity index (χ3v) is 1.95. The molecule has 1 aromatic carbocycles. The molecular formula is C10H12N2O. The van der Waals surface area contributed by atoms with Gasteiger partial charge in [0.15, 0.2) is 0 Å². The van der Waals surface area contributed by atoms with Gasteiger partial charge in [0.2, 0.25) is 0 Å². The zero-order chi connectivity index (χ0) is 9.68. The van der Waals surface area contributed by atoms with Gasteiger partial charge < -0.3 is 10.4 Å². The average Bonchev–Trinajstić information content (AvgIpc) is 2.20. The minimum absolute atomic E-state index is 0.0331. The Morgan fingerprint density at radius 1 is 1.62 bits per heavy atom. The van der Waals surface area contributed by atoms with Crippen LogP contribution in [0.4, 0.5) is 0 Å². The van der Waals surface area contributed by atoms with E-state index in [0.717, 1.165) is 5.56 Å². The maximum Gasteiger partial charge on any atom is 0.0991 e. The molecule has 0 fully saturated rings. The Morgan fingerprint density at radius 2 is 2.38 bits per heavy atom. The quantitative estimate of drug-likeness (QED) is 0.716. The number of nitriles is 1. The van der Waals surface area contributed by atoms with Crippen LogP contribution in [0.2, 0.25) is 0 Å². The summed E-state index contributed by atoms with van der Waals surface area (Å²) in [5.74, 6) is 0. The SMILES string of the molecule is CN[C@H](CO)c1cccc(C#N)c1. The largest absolute Gasteiger partial charge is 0.394 e. The van der Waals surface area contributed by atoms with Gasteiger partial charge in [0.1, 0.15) is 0 Å². The van der Waals surface area contributed by atoms with E-state index in [1.54, 1.807) is 19.2 Å². The Morgan fingerprint density at radius 3 is 2.92 bits per heavy atom. The van der Waals surface area contributed by atoms with E-state index >= 15 is 0 Å². The summed E-state index contributed by atoms with van der Waals surface area (Å²) >= 11 is 0. The molecule has 1 atom stereocenters. The molecule has 0 saturated carbocycles. The molecule has 13 heavy (non-hydrogen) atoms. The molecule has 1 rings (SSSR count).